The number of nitrogens with zero attached hydrogens (tertiary/aromatic N) is 2. The number of pyridine rings is 1. The van der Waals surface area contributed by atoms with Crippen molar-refractivity contribution in [1.29, 1.82) is 0 Å². The van der Waals surface area contributed by atoms with Gasteiger partial charge in [0.25, 0.3) is 11.8 Å². The van der Waals surface area contributed by atoms with E-state index in [9.17, 15) is 40.7 Å². The number of hydrazine groups is 1. The molecule has 0 bridgehead atoms. The van der Waals surface area contributed by atoms with Gasteiger partial charge in [0.15, 0.2) is 5.69 Å². The minimum atomic E-state index is -5.32. The molecule has 0 saturated carbocycles. The first-order valence-electron chi connectivity index (χ1n) is 14.8. The fourth-order valence-corrected chi connectivity index (χ4v) is 4.97. The van der Waals surface area contributed by atoms with Crippen LogP contribution in [0.1, 0.15) is 68.1 Å². The van der Waals surface area contributed by atoms with Crippen molar-refractivity contribution < 1.29 is 50.2 Å². The third kappa shape index (κ3) is 9.27. The molecule has 1 aromatic carbocycles. The van der Waals surface area contributed by atoms with Crippen molar-refractivity contribution in [2.45, 2.75) is 82.7 Å². The van der Waals surface area contributed by atoms with Crippen LogP contribution in [-0.4, -0.2) is 52.9 Å². The molecule has 1 saturated heterocycles. The number of halogens is 6. The molecule has 2 heterocycles. The van der Waals surface area contributed by atoms with Crippen LogP contribution in [0.2, 0.25) is 0 Å². The van der Waals surface area contributed by atoms with Crippen LogP contribution in [0.25, 0.3) is 0 Å². The van der Waals surface area contributed by atoms with E-state index in [0.717, 1.165) is 6.08 Å². The largest absolute Gasteiger partial charge is 0.444 e. The molecule has 2 atom stereocenters. The lowest BCUT2D eigenvalue weighted by atomic mass is 9.97. The molecule has 0 aliphatic carbocycles. The number of alkyl halides is 6. The Balaban J connectivity index is 2.04. The van der Waals surface area contributed by atoms with Crippen molar-refractivity contribution in [3.05, 3.63) is 78.5 Å². The van der Waals surface area contributed by atoms with Gasteiger partial charge in [-0.05, 0) is 51.7 Å². The number of benzene rings is 1. The SMILES string of the molecule is C=CC[C@@H]1CCCN1c1nc(C(=O)NNC(=O)C(CC=C)(OCc2ccccc2)C(F)(F)F)c(NC(=O)OC(C)(C)C)cc1C(F)(F)F. The Morgan fingerprint density at radius 3 is 2.25 bits per heavy atom. The summed E-state index contributed by atoms with van der Waals surface area (Å²) >= 11 is 0. The molecule has 10 nitrogen and oxygen atoms in total. The van der Waals surface area contributed by atoms with Gasteiger partial charge < -0.3 is 14.4 Å². The molecule has 48 heavy (non-hydrogen) atoms. The van der Waals surface area contributed by atoms with Gasteiger partial charge in [-0.25, -0.2) is 9.78 Å². The highest BCUT2D eigenvalue weighted by atomic mass is 19.4. The van der Waals surface area contributed by atoms with E-state index in [1.165, 1.54) is 43.9 Å². The number of hydrogen-bond donors (Lipinski definition) is 3. The summed E-state index contributed by atoms with van der Waals surface area (Å²) in [7, 11) is 0. The Morgan fingerprint density at radius 1 is 1.02 bits per heavy atom. The minimum Gasteiger partial charge on any atom is -0.444 e. The second-order valence-electron chi connectivity index (χ2n) is 11.9. The number of nitrogens with one attached hydrogen (secondary N) is 3. The first kappa shape index (κ1) is 37.9. The third-order valence-electron chi connectivity index (χ3n) is 7.12. The summed E-state index contributed by atoms with van der Waals surface area (Å²) in [5, 5.41) is 2.07. The fraction of sp³-hybridized carbons (Fsp3) is 0.438. The predicted octanol–water partition coefficient (Wildman–Crippen LogP) is 6.85. The molecule has 2 aromatic rings. The van der Waals surface area contributed by atoms with Gasteiger partial charge in [0.05, 0.1) is 12.3 Å². The van der Waals surface area contributed by atoms with Gasteiger partial charge in [-0.3, -0.25) is 25.8 Å². The predicted molar refractivity (Wildman–Crippen MR) is 165 cm³/mol. The summed E-state index contributed by atoms with van der Waals surface area (Å²) in [4.78, 5) is 44.5. The van der Waals surface area contributed by atoms with Crippen molar-refractivity contribution >= 4 is 29.4 Å². The zero-order chi connectivity index (χ0) is 35.9. The quantitative estimate of drug-likeness (QED) is 0.134. The number of hydrogen-bond acceptors (Lipinski definition) is 7. The molecule has 3 N–H and O–H groups in total. The van der Waals surface area contributed by atoms with Crippen LogP contribution in [0.4, 0.5) is 42.6 Å². The third-order valence-corrected chi connectivity index (χ3v) is 7.12. The van der Waals surface area contributed by atoms with Crippen molar-refractivity contribution in [1.82, 2.24) is 15.8 Å². The molecule has 0 spiro atoms. The number of rotatable bonds is 11. The van der Waals surface area contributed by atoms with E-state index in [0.29, 0.717) is 30.9 Å². The Bertz CT molecular complexity index is 1490. The Hall–Kier alpha value is -4.60. The minimum absolute atomic E-state index is 0.139. The number of aromatic nitrogens is 1. The van der Waals surface area contributed by atoms with E-state index in [-0.39, 0.29) is 6.54 Å². The number of anilines is 2. The van der Waals surface area contributed by atoms with Crippen LogP contribution in [0.5, 0.6) is 0 Å². The lowest BCUT2D eigenvalue weighted by Gasteiger charge is -2.33. The van der Waals surface area contributed by atoms with Crippen molar-refractivity contribution in [3.63, 3.8) is 0 Å². The maximum absolute atomic E-state index is 14.4. The second-order valence-corrected chi connectivity index (χ2v) is 11.9. The normalized spacial score (nSPS) is 16.4. The topological polar surface area (TPSA) is 122 Å². The maximum atomic E-state index is 14.4. The van der Waals surface area contributed by atoms with Crippen LogP contribution in [0.3, 0.4) is 0 Å². The summed E-state index contributed by atoms with van der Waals surface area (Å²) in [6.45, 7) is 10.9. The molecule has 16 heteroatoms. The van der Waals surface area contributed by atoms with Crippen molar-refractivity contribution in [2.24, 2.45) is 0 Å². The van der Waals surface area contributed by atoms with E-state index in [1.54, 1.807) is 29.1 Å². The zero-order valence-corrected chi connectivity index (χ0v) is 26.6. The molecule has 3 rings (SSSR count). The van der Waals surface area contributed by atoms with Gasteiger partial charge in [-0.15, -0.1) is 13.2 Å². The standard InChI is InChI=1S/C32H37F6N5O5/c1-6-12-21-15-11-17-43(21)25-22(31(33,34)35)18-23(39-28(46)48-29(3,4)5)24(40-25)26(44)41-42-27(45)30(16-7-2,32(36,37)38)47-19-20-13-9-8-10-14-20/h6-10,13-14,18,21H,1-2,11-12,15-17,19H2,3-5H3,(H,39,46)(H,41,44)(H,42,45)/t21-,30?/m1/s1. The number of carbonyl (C=O) groups is 3. The van der Waals surface area contributed by atoms with E-state index in [4.69, 9.17) is 9.47 Å². The van der Waals surface area contributed by atoms with Gasteiger partial charge in [0.1, 0.15) is 17.0 Å². The molecule has 1 aromatic heterocycles. The van der Waals surface area contributed by atoms with E-state index in [1.807, 2.05) is 0 Å². The number of ether oxygens (including phenoxy) is 2. The highest BCUT2D eigenvalue weighted by molar-refractivity contribution is 6.02. The van der Waals surface area contributed by atoms with E-state index < -0.39 is 83.3 Å². The highest BCUT2D eigenvalue weighted by Crippen LogP contribution is 2.41. The lowest BCUT2D eigenvalue weighted by molar-refractivity contribution is -0.270. The van der Waals surface area contributed by atoms with Crippen LogP contribution in [0.15, 0.2) is 61.7 Å². The fourth-order valence-electron chi connectivity index (χ4n) is 4.97. The molecular weight excluding hydrogens is 648 g/mol. The van der Waals surface area contributed by atoms with Gasteiger partial charge in [0, 0.05) is 19.0 Å². The summed E-state index contributed by atoms with van der Waals surface area (Å²) in [5.74, 6) is -3.94. The van der Waals surface area contributed by atoms with Crippen LogP contribution >= 0.6 is 0 Å². The number of amides is 3. The van der Waals surface area contributed by atoms with Crippen molar-refractivity contribution in [2.75, 3.05) is 16.8 Å². The molecule has 0 radical (unpaired) electrons. The Morgan fingerprint density at radius 2 is 1.69 bits per heavy atom. The highest BCUT2D eigenvalue weighted by Gasteiger charge is 2.61. The van der Waals surface area contributed by atoms with Crippen LogP contribution in [0, 0.1) is 0 Å². The maximum Gasteiger partial charge on any atom is 0.427 e. The van der Waals surface area contributed by atoms with E-state index >= 15 is 0 Å². The first-order chi connectivity index (χ1) is 22.3. The average Bonchev–Trinajstić information content (AvgIpc) is 3.44. The van der Waals surface area contributed by atoms with Gasteiger partial charge in [0.2, 0.25) is 5.60 Å². The summed E-state index contributed by atoms with van der Waals surface area (Å²) in [5.41, 5.74) is -3.78. The summed E-state index contributed by atoms with van der Waals surface area (Å²) in [6.07, 6.45) is -9.01. The van der Waals surface area contributed by atoms with Gasteiger partial charge in [-0.2, -0.15) is 26.3 Å². The molecule has 262 valence electrons. The molecule has 1 aliphatic heterocycles. The first-order valence-corrected chi connectivity index (χ1v) is 14.8. The molecule has 3 amide bonds. The second kappa shape index (κ2) is 15.1. The smallest absolute Gasteiger partial charge is 0.427 e. The Kier molecular flexibility index (Phi) is 11.9. The Labute approximate surface area is 273 Å². The van der Waals surface area contributed by atoms with Crippen molar-refractivity contribution in [3.8, 4) is 0 Å². The summed E-state index contributed by atoms with van der Waals surface area (Å²) in [6, 6.07) is 7.71. The zero-order valence-electron chi connectivity index (χ0n) is 26.6. The summed E-state index contributed by atoms with van der Waals surface area (Å²) < 4.78 is 96.7. The van der Waals surface area contributed by atoms with E-state index in [2.05, 4.69) is 23.5 Å². The van der Waals surface area contributed by atoms with Gasteiger partial charge in [-0.1, -0.05) is 42.5 Å². The monoisotopic (exact) mass is 685 g/mol. The van der Waals surface area contributed by atoms with Crippen LogP contribution < -0.4 is 21.1 Å². The average molecular weight is 686 g/mol. The molecule has 1 aliphatic rings. The number of carbonyl (C=O) groups excluding carboxylic acids is 3. The lowest BCUT2D eigenvalue weighted by Crippen LogP contribution is -2.61. The molecular formula is C32H37F6N5O5. The van der Waals surface area contributed by atoms with Gasteiger partial charge >= 0.3 is 18.4 Å². The van der Waals surface area contributed by atoms with Crippen LogP contribution in [-0.2, 0) is 27.1 Å². The molecule has 1 unspecified atom stereocenters. The molecule has 1 fully saturated rings.